The van der Waals surface area contributed by atoms with Gasteiger partial charge in [-0.3, -0.25) is 9.89 Å². The van der Waals surface area contributed by atoms with Gasteiger partial charge in [0.15, 0.2) is 5.96 Å². The van der Waals surface area contributed by atoms with Gasteiger partial charge in [-0.25, -0.2) is 4.79 Å². The van der Waals surface area contributed by atoms with E-state index in [9.17, 15) is 4.79 Å². The normalized spacial score (nSPS) is 20.5. The van der Waals surface area contributed by atoms with Gasteiger partial charge in [0.05, 0.1) is 5.54 Å². The number of alkyl carbamates (subject to hydrolysis) is 1. The zero-order valence-electron chi connectivity index (χ0n) is 19.9. The molecule has 0 spiro atoms. The topological polar surface area (TPSA) is 78.0 Å². The van der Waals surface area contributed by atoms with E-state index in [0.29, 0.717) is 18.5 Å². The van der Waals surface area contributed by atoms with Crippen LogP contribution in [0.3, 0.4) is 0 Å². The quantitative estimate of drug-likeness (QED) is 0.274. The third-order valence-electron chi connectivity index (χ3n) is 5.13. The number of nitrogens with zero attached hydrogens (tertiary/aromatic N) is 2. The van der Waals surface area contributed by atoms with Crippen LogP contribution in [-0.4, -0.2) is 61.8 Å². The van der Waals surface area contributed by atoms with Crippen LogP contribution in [0.5, 0.6) is 0 Å². The van der Waals surface area contributed by atoms with Gasteiger partial charge in [-0.1, -0.05) is 6.07 Å². The number of carbonyl (C=O) groups excluding carboxylic acids is 1. The van der Waals surface area contributed by atoms with Gasteiger partial charge in [-0.05, 0) is 78.4 Å². The predicted octanol–water partition coefficient (Wildman–Crippen LogP) is 4.22. The summed E-state index contributed by atoms with van der Waals surface area (Å²) in [6.45, 7) is 12.0. The molecule has 9 heteroatoms. The van der Waals surface area contributed by atoms with Crippen LogP contribution < -0.4 is 16.0 Å². The average Bonchev–Trinajstić information content (AvgIpc) is 3.13. The Labute approximate surface area is 208 Å². The lowest BCUT2D eigenvalue weighted by atomic mass is 9.88. The Hall–Kier alpha value is -1.07. The number of halogens is 1. The van der Waals surface area contributed by atoms with Crippen molar-refractivity contribution in [3.63, 3.8) is 0 Å². The summed E-state index contributed by atoms with van der Waals surface area (Å²) in [5.74, 6) is 1.26. The van der Waals surface area contributed by atoms with Gasteiger partial charge < -0.3 is 20.7 Å². The fraction of sp³-hybridized carbons (Fsp3) is 0.727. The smallest absolute Gasteiger partial charge is 0.408 e. The van der Waals surface area contributed by atoms with Crippen LogP contribution in [-0.2, 0) is 4.74 Å². The second-order valence-electron chi connectivity index (χ2n) is 9.66. The third-order valence-corrected chi connectivity index (χ3v) is 6.08. The zero-order valence-corrected chi connectivity index (χ0v) is 23.1. The summed E-state index contributed by atoms with van der Waals surface area (Å²) in [5.41, 5.74) is -0.998. The summed E-state index contributed by atoms with van der Waals surface area (Å²) < 4.78 is 5.36. The fourth-order valence-electron chi connectivity index (χ4n) is 3.76. The number of aliphatic imine (C=N–C) groups is 1. The van der Waals surface area contributed by atoms with E-state index in [4.69, 9.17) is 4.74 Å². The molecule has 2 unspecified atom stereocenters. The van der Waals surface area contributed by atoms with Crippen LogP contribution in [0.2, 0.25) is 0 Å². The van der Waals surface area contributed by atoms with E-state index in [1.165, 1.54) is 17.7 Å². The number of hydrogen-bond donors (Lipinski definition) is 3. The molecule has 3 N–H and O–H groups in total. The van der Waals surface area contributed by atoms with Gasteiger partial charge in [-0.15, -0.1) is 35.3 Å². The maximum atomic E-state index is 12.1. The molecule has 1 fully saturated rings. The predicted molar refractivity (Wildman–Crippen MR) is 141 cm³/mol. The third kappa shape index (κ3) is 9.53. The summed E-state index contributed by atoms with van der Waals surface area (Å²) in [6.07, 6.45) is 1.99. The highest BCUT2D eigenvalue weighted by Crippen LogP contribution is 2.36. The highest BCUT2D eigenvalue weighted by molar-refractivity contribution is 14.0. The number of thiophene rings is 1. The van der Waals surface area contributed by atoms with Gasteiger partial charge in [0, 0.05) is 31.1 Å². The Bertz CT molecular complexity index is 703. The minimum Gasteiger partial charge on any atom is -0.444 e. The molecule has 7 nitrogen and oxygen atoms in total. The zero-order chi connectivity index (χ0) is 22.4. The number of carbonyl (C=O) groups is 1. The molecule has 31 heavy (non-hydrogen) atoms. The Morgan fingerprint density at radius 1 is 1.29 bits per heavy atom. The molecular formula is C22H40IN5O2S. The van der Waals surface area contributed by atoms with Crippen LogP contribution in [0.1, 0.15) is 58.4 Å². The largest absolute Gasteiger partial charge is 0.444 e. The van der Waals surface area contributed by atoms with Crippen molar-refractivity contribution in [2.75, 3.05) is 33.7 Å². The maximum Gasteiger partial charge on any atom is 0.408 e. The fourth-order valence-corrected chi connectivity index (χ4v) is 4.74. The van der Waals surface area contributed by atoms with Gasteiger partial charge in [0.2, 0.25) is 0 Å². The maximum absolute atomic E-state index is 12.1. The lowest BCUT2D eigenvalue weighted by molar-refractivity contribution is 0.0474. The van der Waals surface area contributed by atoms with E-state index in [1.807, 2.05) is 46.0 Å². The average molecular weight is 566 g/mol. The molecule has 0 aromatic carbocycles. The van der Waals surface area contributed by atoms with Crippen molar-refractivity contribution in [2.24, 2.45) is 10.9 Å². The Balaban J connectivity index is 0.00000480. The van der Waals surface area contributed by atoms with Crippen LogP contribution >= 0.6 is 35.3 Å². The van der Waals surface area contributed by atoms with Gasteiger partial charge in [-0.2, -0.15) is 0 Å². The van der Waals surface area contributed by atoms with Crippen molar-refractivity contribution in [3.8, 4) is 0 Å². The first-order chi connectivity index (χ1) is 14.0. The van der Waals surface area contributed by atoms with Crippen molar-refractivity contribution in [3.05, 3.63) is 22.4 Å². The molecule has 1 aromatic heterocycles. The van der Waals surface area contributed by atoms with Crippen LogP contribution in [0.15, 0.2) is 22.5 Å². The number of piperidine rings is 1. The van der Waals surface area contributed by atoms with E-state index < -0.39 is 17.2 Å². The standard InChI is InChI=1S/C22H39N5O2S.HI/c1-21(2,3)29-20(28)26-22(4,5)15-25-19(23-6)24-14-16-10-8-12-27(7)18(16)17-11-9-13-30-17;/h9,11,13,16,18H,8,10,12,14-15H2,1-7H3,(H,26,28)(H2,23,24,25);1H. The van der Waals surface area contributed by atoms with Crippen LogP contribution in [0.25, 0.3) is 0 Å². The first-order valence-corrected chi connectivity index (χ1v) is 11.6. The van der Waals surface area contributed by atoms with Gasteiger partial charge in [0.1, 0.15) is 5.60 Å². The van der Waals surface area contributed by atoms with Crippen LogP contribution in [0, 0.1) is 5.92 Å². The lowest BCUT2D eigenvalue weighted by Crippen LogP contribution is -2.54. The number of guanidine groups is 1. The van der Waals surface area contributed by atoms with Gasteiger partial charge >= 0.3 is 6.09 Å². The molecule has 1 aliphatic rings. The summed E-state index contributed by atoms with van der Waals surface area (Å²) in [7, 11) is 3.99. The SMILES string of the molecule is CN=C(NCC1CCCN(C)C1c1cccs1)NCC(C)(C)NC(=O)OC(C)(C)C.I. The van der Waals surface area contributed by atoms with E-state index in [0.717, 1.165) is 19.0 Å². The molecule has 1 aromatic rings. The molecule has 2 heterocycles. The molecule has 0 radical (unpaired) electrons. The Morgan fingerprint density at radius 3 is 2.58 bits per heavy atom. The second-order valence-corrected chi connectivity index (χ2v) is 10.6. The molecule has 0 bridgehead atoms. The van der Waals surface area contributed by atoms with E-state index in [-0.39, 0.29) is 24.0 Å². The van der Waals surface area contributed by atoms with Crippen LogP contribution in [0.4, 0.5) is 4.79 Å². The molecule has 1 amide bonds. The first kappa shape index (κ1) is 28.0. The number of rotatable bonds is 6. The molecule has 2 atom stereocenters. The summed E-state index contributed by atoms with van der Waals surface area (Å²) >= 11 is 1.83. The lowest BCUT2D eigenvalue weighted by Gasteiger charge is -2.39. The van der Waals surface area contributed by atoms with Crippen molar-refractivity contribution >= 4 is 47.4 Å². The molecular weight excluding hydrogens is 525 g/mol. The highest BCUT2D eigenvalue weighted by atomic mass is 127. The van der Waals surface area contributed by atoms with Crippen molar-refractivity contribution < 1.29 is 9.53 Å². The first-order valence-electron chi connectivity index (χ1n) is 10.7. The monoisotopic (exact) mass is 565 g/mol. The summed E-state index contributed by atoms with van der Waals surface area (Å²) in [4.78, 5) is 20.3. The molecule has 0 aliphatic carbocycles. The summed E-state index contributed by atoms with van der Waals surface area (Å²) in [5, 5.41) is 11.9. The second kappa shape index (κ2) is 12.2. The summed E-state index contributed by atoms with van der Waals surface area (Å²) in [6, 6.07) is 4.81. The number of amides is 1. The van der Waals surface area contributed by atoms with E-state index in [2.05, 4.69) is 50.4 Å². The molecule has 2 rings (SSSR count). The number of likely N-dealkylation sites (tertiary alicyclic amines) is 1. The van der Waals surface area contributed by atoms with Crippen molar-refractivity contribution in [1.82, 2.24) is 20.9 Å². The van der Waals surface area contributed by atoms with E-state index in [1.54, 1.807) is 7.05 Å². The Kier molecular flexibility index (Phi) is 11.0. The highest BCUT2D eigenvalue weighted by Gasteiger charge is 2.31. The minimum absolute atomic E-state index is 0. The number of nitrogens with one attached hydrogen (secondary N) is 3. The molecule has 0 saturated carbocycles. The minimum atomic E-state index is -0.516. The number of hydrogen-bond acceptors (Lipinski definition) is 5. The molecule has 1 saturated heterocycles. The molecule has 1 aliphatic heterocycles. The van der Waals surface area contributed by atoms with Crippen molar-refractivity contribution in [2.45, 2.75) is 64.6 Å². The van der Waals surface area contributed by atoms with Gasteiger partial charge in [0.25, 0.3) is 0 Å². The number of ether oxygens (including phenoxy) is 1. The van der Waals surface area contributed by atoms with Crippen molar-refractivity contribution in [1.29, 1.82) is 0 Å². The Morgan fingerprint density at radius 2 is 2.00 bits per heavy atom. The van der Waals surface area contributed by atoms with E-state index >= 15 is 0 Å². The molecule has 178 valence electrons.